The minimum Gasteiger partial charge on any atom is -0.497 e. The van der Waals surface area contributed by atoms with Crippen molar-refractivity contribution in [3.05, 3.63) is 36.7 Å². The normalized spacial score (nSPS) is 11.6. The molecule has 1 aromatic carbocycles. The van der Waals surface area contributed by atoms with E-state index >= 15 is 0 Å². The van der Waals surface area contributed by atoms with Gasteiger partial charge in [0.05, 0.1) is 12.9 Å². The van der Waals surface area contributed by atoms with Crippen molar-refractivity contribution in [1.82, 2.24) is 10.2 Å². The summed E-state index contributed by atoms with van der Waals surface area (Å²) in [5.74, 6) is 0.0973. The number of likely N-dealkylation sites (N-methyl/N-ethyl adjacent to an activating group) is 1. The zero-order valence-corrected chi connectivity index (χ0v) is 15.9. The fraction of sp³-hybridized carbons (Fsp3) is 0.474. The van der Waals surface area contributed by atoms with E-state index in [1.54, 1.807) is 28.0 Å². The summed E-state index contributed by atoms with van der Waals surface area (Å²) >= 11 is 0. The number of methoxy groups -OCH3 is 1. The van der Waals surface area contributed by atoms with Crippen LogP contribution in [0.2, 0.25) is 0 Å². The zero-order chi connectivity index (χ0) is 19.7. The van der Waals surface area contributed by atoms with Crippen LogP contribution in [0, 0.1) is 5.92 Å². The van der Waals surface area contributed by atoms with Crippen molar-refractivity contribution in [3.63, 3.8) is 0 Å². The second kappa shape index (κ2) is 10.3. The van der Waals surface area contributed by atoms with E-state index in [9.17, 15) is 14.7 Å². The molecule has 3 N–H and O–H groups in total. The van der Waals surface area contributed by atoms with E-state index in [-0.39, 0.29) is 18.2 Å². The molecule has 0 saturated heterocycles. The van der Waals surface area contributed by atoms with Crippen LogP contribution < -0.4 is 15.4 Å². The molecule has 1 amide bonds. The molecule has 7 heteroatoms. The van der Waals surface area contributed by atoms with Gasteiger partial charge < -0.3 is 25.4 Å². The third-order valence-electron chi connectivity index (χ3n) is 3.99. The second-order valence-corrected chi connectivity index (χ2v) is 6.39. The predicted molar refractivity (Wildman–Crippen MR) is 102 cm³/mol. The number of rotatable bonds is 11. The van der Waals surface area contributed by atoms with Gasteiger partial charge in [-0.05, 0) is 36.6 Å². The van der Waals surface area contributed by atoms with Gasteiger partial charge in [0.15, 0.2) is 0 Å². The molecular weight excluding hydrogens is 334 g/mol. The molecule has 0 aliphatic carbocycles. The summed E-state index contributed by atoms with van der Waals surface area (Å²) in [6.45, 7) is 8.03. The van der Waals surface area contributed by atoms with E-state index < -0.39 is 12.0 Å². The molecule has 0 aliphatic rings. The lowest BCUT2D eigenvalue weighted by Gasteiger charge is -2.27. The number of hydrogen-bond donors (Lipinski definition) is 3. The number of benzene rings is 1. The lowest BCUT2D eigenvalue weighted by molar-refractivity contribution is -0.151. The summed E-state index contributed by atoms with van der Waals surface area (Å²) in [5.41, 5.74) is 0.875. The van der Waals surface area contributed by atoms with Crippen molar-refractivity contribution in [1.29, 1.82) is 0 Å². The number of amides is 1. The Labute approximate surface area is 155 Å². The summed E-state index contributed by atoms with van der Waals surface area (Å²) in [6, 6.07) is 6.64. The largest absolute Gasteiger partial charge is 0.497 e. The maximum absolute atomic E-state index is 12.2. The summed E-state index contributed by atoms with van der Waals surface area (Å²) in [7, 11) is 3.15. The molecule has 0 aromatic heterocycles. The third-order valence-corrected chi connectivity index (χ3v) is 3.99. The second-order valence-electron chi connectivity index (χ2n) is 6.39. The number of aliphatic carboxylic acids is 1. The average Bonchev–Trinajstić information content (AvgIpc) is 2.58. The van der Waals surface area contributed by atoms with E-state index in [0.717, 1.165) is 11.4 Å². The third kappa shape index (κ3) is 6.66. The number of carboxylic acids is 1. The summed E-state index contributed by atoms with van der Waals surface area (Å²) < 4.78 is 5.10. The Morgan fingerprint density at radius 3 is 2.38 bits per heavy atom. The number of carbonyl (C=O) groups is 2. The Bertz CT molecular complexity index is 614. The molecule has 0 saturated carbocycles. The molecule has 0 heterocycles. The molecule has 1 atom stereocenters. The monoisotopic (exact) mass is 363 g/mol. The van der Waals surface area contributed by atoms with Crippen LogP contribution in [0.25, 0.3) is 0 Å². The molecule has 144 valence electrons. The number of ether oxygens (including phenoxy) is 1. The quantitative estimate of drug-likeness (QED) is 0.523. The molecular formula is C19H29N3O4. The molecule has 1 aromatic rings. The summed E-state index contributed by atoms with van der Waals surface area (Å²) in [4.78, 5) is 24.8. The smallest absolute Gasteiger partial charge is 0.326 e. The standard InChI is InChI=1S/C19H29N3O4/c1-13(2)18(19(24)25)22(4)17(23)7-6-12-20-14(3)21-15-8-10-16(26-5)11-9-15/h8-11,13,18,20-21H,3,6-7,12H2,1-2,4-5H3,(H,24,25). The van der Waals surface area contributed by atoms with Gasteiger partial charge in [-0.1, -0.05) is 20.4 Å². The topological polar surface area (TPSA) is 90.9 Å². The Morgan fingerprint density at radius 2 is 1.88 bits per heavy atom. The fourth-order valence-electron chi connectivity index (χ4n) is 2.60. The highest BCUT2D eigenvalue weighted by molar-refractivity contribution is 5.83. The van der Waals surface area contributed by atoms with Crippen LogP contribution in [0.3, 0.4) is 0 Å². The van der Waals surface area contributed by atoms with E-state index in [1.165, 1.54) is 4.90 Å². The predicted octanol–water partition coefficient (Wildman–Crippen LogP) is 2.52. The number of hydrogen-bond acceptors (Lipinski definition) is 5. The van der Waals surface area contributed by atoms with Crippen molar-refractivity contribution >= 4 is 17.6 Å². The maximum atomic E-state index is 12.2. The van der Waals surface area contributed by atoms with Crippen LogP contribution in [0.1, 0.15) is 26.7 Å². The van der Waals surface area contributed by atoms with Gasteiger partial charge in [-0.2, -0.15) is 0 Å². The lowest BCUT2D eigenvalue weighted by Crippen LogP contribution is -2.45. The van der Waals surface area contributed by atoms with E-state index in [2.05, 4.69) is 17.2 Å². The Balaban J connectivity index is 2.35. The number of anilines is 1. The molecule has 0 bridgehead atoms. The molecule has 0 fully saturated rings. The van der Waals surface area contributed by atoms with Crippen molar-refractivity contribution in [3.8, 4) is 5.75 Å². The van der Waals surface area contributed by atoms with Crippen molar-refractivity contribution < 1.29 is 19.4 Å². The molecule has 0 radical (unpaired) electrons. The lowest BCUT2D eigenvalue weighted by atomic mass is 10.0. The first kappa shape index (κ1) is 21.3. The minimum atomic E-state index is -0.981. The summed E-state index contributed by atoms with van der Waals surface area (Å²) in [5, 5.41) is 15.5. The average molecular weight is 363 g/mol. The minimum absolute atomic E-state index is 0.145. The first-order valence-corrected chi connectivity index (χ1v) is 8.58. The zero-order valence-electron chi connectivity index (χ0n) is 15.9. The van der Waals surface area contributed by atoms with Crippen molar-refractivity contribution in [2.75, 3.05) is 26.0 Å². The van der Waals surface area contributed by atoms with Gasteiger partial charge in [0.25, 0.3) is 0 Å². The molecule has 0 aliphatic heterocycles. The van der Waals surface area contributed by atoms with Gasteiger partial charge in [-0.15, -0.1) is 0 Å². The SMILES string of the molecule is C=C(NCCCC(=O)N(C)C(C(=O)O)C(C)C)Nc1ccc(OC)cc1. The van der Waals surface area contributed by atoms with Gasteiger partial charge in [0.1, 0.15) is 11.8 Å². The van der Waals surface area contributed by atoms with E-state index in [1.807, 2.05) is 24.3 Å². The summed E-state index contributed by atoms with van der Waals surface area (Å²) in [6.07, 6.45) is 0.854. The van der Waals surface area contributed by atoms with Gasteiger partial charge in [-0.3, -0.25) is 4.79 Å². The molecule has 1 rings (SSSR count). The number of nitrogens with zero attached hydrogens (tertiary/aromatic N) is 1. The van der Waals surface area contributed by atoms with Crippen LogP contribution in [0.5, 0.6) is 5.75 Å². The number of nitrogens with one attached hydrogen (secondary N) is 2. The first-order valence-electron chi connectivity index (χ1n) is 8.58. The van der Waals surface area contributed by atoms with Crippen LogP contribution in [-0.4, -0.2) is 48.6 Å². The van der Waals surface area contributed by atoms with E-state index in [4.69, 9.17) is 4.74 Å². The van der Waals surface area contributed by atoms with Crippen LogP contribution >= 0.6 is 0 Å². The van der Waals surface area contributed by atoms with Gasteiger partial charge >= 0.3 is 5.97 Å². The Hall–Kier alpha value is -2.70. The molecule has 26 heavy (non-hydrogen) atoms. The number of carboxylic acid groups (broad SMARTS) is 1. The highest BCUT2D eigenvalue weighted by Gasteiger charge is 2.28. The first-order chi connectivity index (χ1) is 12.3. The van der Waals surface area contributed by atoms with Gasteiger partial charge in [0.2, 0.25) is 5.91 Å². The van der Waals surface area contributed by atoms with E-state index in [0.29, 0.717) is 18.8 Å². The van der Waals surface area contributed by atoms with Gasteiger partial charge in [0, 0.05) is 25.7 Å². The van der Waals surface area contributed by atoms with Crippen LogP contribution in [0.4, 0.5) is 5.69 Å². The van der Waals surface area contributed by atoms with Crippen LogP contribution in [0.15, 0.2) is 36.7 Å². The Morgan fingerprint density at radius 1 is 1.27 bits per heavy atom. The highest BCUT2D eigenvalue weighted by atomic mass is 16.5. The van der Waals surface area contributed by atoms with Crippen LogP contribution in [-0.2, 0) is 9.59 Å². The van der Waals surface area contributed by atoms with Crippen molar-refractivity contribution in [2.24, 2.45) is 5.92 Å². The maximum Gasteiger partial charge on any atom is 0.326 e. The Kier molecular flexibility index (Phi) is 8.48. The molecule has 0 spiro atoms. The van der Waals surface area contributed by atoms with Crippen molar-refractivity contribution in [2.45, 2.75) is 32.7 Å². The number of carbonyl (C=O) groups excluding carboxylic acids is 1. The molecule has 1 unspecified atom stereocenters. The fourth-order valence-corrected chi connectivity index (χ4v) is 2.60. The van der Waals surface area contributed by atoms with Gasteiger partial charge in [-0.25, -0.2) is 4.79 Å². The molecule has 7 nitrogen and oxygen atoms in total. The highest BCUT2D eigenvalue weighted by Crippen LogP contribution is 2.16.